The summed E-state index contributed by atoms with van der Waals surface area (Å²) in [4.78, 5) is 40.2. The van der Waals surface area contributed by atoms with Gasteiger partial charge < -0.3 is 19.1 Å². The second-order valence-corrected chi connectivity index (χ2v) is 8.35. The maximum atomic E-state index is 12.7. The predicted octanol–water partition coefficient (Wildman–Crippen LogP) is 2.73. The number of fused-ring (bicyclic) bond motifs is 1. The molecule has 158 valence electrons. The van der Waals surface area contributed by atoms with E-state index in [0.29, 0.717) is 13.1 Å². The Kier molecular flexibility index (Phi) is 6.00. The minimum Gasteiger partial charge on any atom is -0.467 e. The highest BCUT2D eigenvalue weighted by atomic mass is 16.6. The summed E-state index contributed by atoms with van der Waals surface area (Å²) in [5.41, 5.74) is 1.64. The first-order chi connectivity index (χ1) is 13.7. The third kappa shape index (κ3) is 4.99. The maximum Gasteiger partial charge on any atom is 0.411 e. The van der Waals surface area contributed by atoms with E-state index in [9.17, 15) is 14.4 Å². The lowest BCUT2D eigenvalue weighted by Gasteiger charge is -2.29. The number of rotatable bonds is 2. The van der Waals surface area contributed by atoms with Crippen molar-refractivity contribution in [3.05, 3.63) is 35.4 Å². The fourth-order valence-electron chi connectivity index (χ4n) is 3.63. The molecular weight excluding hydrogens is 376 g/mol. The fraction of sp³-hybridized carbons (Fsp3) is 0.571. The molecule has 0 N–H and O–H groups in total. The smallest absolute Gasteiger partial charge is 0.411 e. The predicted molar refractivity (Wildman–Crippen MR) is 104 cm³/mol. The number of esters is 1. The topological polar surface area (TPSA) is 85.4 Å². The van der Waals surface area contributed by atoms with Crippen LogP contribution in [0, 0.1) is 0 Å². The SMILES string of the molecule is COC(=O)[C@@H]1C[C@H](OC(=O)N2CCc3ccccc3C2)CN1C(=O)OC(C)(C)C. The minimum atomic E-state index is -0.838. The first kappa shape index (κ1) is 21.0. The molecule has 0 aromatic heterocycles. The number of benzene rings is 1. The molecule has 0 spiro atoms. The highest BCUT2D eigenvalue weighted by molar-refractivity contribution is 5.82. The van der Waals surface area contributed by atoms with Crippen LogP contribution in [0.25, 0.3) is 0 Å². The van der Waals surface area contributed by atoms with Crippen LogP contribution in [0.3, 0.4) is 0 Å². The monoisotopic (exact) mass is 404 g/mol. The summed E-state index contributed by atoms with van der Waals surface area (Å²) in [7, 11) is 1.26. The Morgan fingerprint density at radius 1 is 1.07 bits per heavy atom. The highest BCUT2D eigenvalue weighted by Crippen LogP contribution is 2.26. The zero-order valence-electron chi connectivity index (χ0n) is 17.3. The average Bonchev–Trinajstić information content (AvgIpc) is 3.09. The lowest BCUT2D eigenvalue weighted by atomic mass is 10.0. The molecule has 29 heavy (non-hydrogen) atoms. The molecule has 3 rings (SSSR count). The van der Waals surface area contributed by atoms with E-state index in [2.05, 4.69) is 6.07 Å². The van der Waals surface area contributed by atoms with Crippen molar-refractivity contribution < 1.29 is 28.6 Å². The van der Waals surface area contributed by atoms with Crippen LogP contribution in [-0.2, 0) is 32.0 Å². The molecule has 8 nitrogen and oxygen atoms in total. The van der Waals surface area contributed by atoms with Crippen molar-refractivity contribution in [2.24, 2.45) is 0 Å². The number of ether oxygens (including phenoxy) is 3. The molecule has 2 amide bonds. The molecule has 8 heteroatoms. The van der Waals surface area contributed by atoms with Gasteiger partial charge in [0.2, 0.25) is 0 Å². The van der Waals surface area contributed by atoms with Gasteiger partial charge in [0.15, 0.2) is 0 Å². The molecule has 2 aliphatic heterocycles. The van der Waals surface area contributed by atoms with Gasteiger partial charge in [0.25, 0.3) is 0 Å². The number of hydrogen-bond donors (Lipinski definition) is 0. The van der Waals surface area contributed by atoms with Crippen LogP contribution in [0.4, 0.5) is 9.59 Å². The van der Waals surface area contributed by atoms with Gasteiger partial charge in [0.1, 0.15) is 17.7 Å². The molecule has 1 saturated heterocycles. The minimum absolute atomic E-state index is 0.0881. The second kappa shape index (κ2) is 8.31. The number of carbonyl (C=O) groups excluding carboxylic acids is 3. The van der Waals surface area contributed by atoms with E-state index in [1.54, 1.807) is 25.7 Å². The Labute approximate surface area is 170 Å². The van der Waals surface area contributed by atoms with Crippen molar-refractivity contribution in [3.8, 4) is 0 Å². The average molecular weight is 404 g/mol. The van der Waals surface area contributed by atoms with Crippen LogP contribution in [0.1, 0.15) is 38.3 Å². The standard InChI is InChI=1S/C21H28N2O6/c1-21(2,3)29-20(26)23-13-16(11-17(23)18(24)27-4)28-19(25)22-10-9-14-7-5-6-8-15(14)12-22/h5-8,16-17H,9-13H2,1-4H3/t16-,17-/m0/s1. The molecule has 0 aliphatic carbocycles. The zero-order chi connectivity index (χ0) is 21.2. The molecule has 2 aliphatic rings. The summed E-state index contributed by atoms with van der Waals surface area (Å²) >= 11 is 0. The van der Waals surface area contributed by atoms with Gasteiger partial charge in [-0.25, -0.2) is 14.4 Å². The van der Waals surface area contributed by atoms with E-state index < -0.39 is 35.9 Å². The molecule has 1 aromatic carbocycles. The summed E-state index contributed by atoms with van der Waals surface area (Å²) in [5, 5.41) is 0. The first-order valence-electron chi connectivity index (χ1n) is 9.77. The zero-order valence-corrected chi connectivity index (χ0v) is 17.3. The Hall–Kier alpha value is -2.77. The second-order valence-electron chi connectivity index (χ2n) is 8.35. The molecule has 1 aromatic rings. The van der Waals surface area contributed by atoms with Crippen LogP contribution < -0.4 is 0 Å². The summed E-state index contributed by atoms with van der Waals surface area (Å²) in [5.74, 6) is -0.554. The Morgan fingerprint density at radius 3 is 2.41 bits per heavy atom. The Bertz CT molecular complexity index is 788. The number of hydrogen-bond acceptors (Lipinski definition) is 6. The number of amides is 2. The van der Waals surface area contributed by atoms with Gasteiger partial charge >= 0.3 is 18.2 Å². The largest absolute Gasteiger partial charge is 0.467 e. The maximum absolute atomic E-state index is 12.7. The quantitative estimate of drug-likeness (QED) is 0.557. The molecule has 2 atom stereocenters. The van der Waals surface area contributed by atoms with Crippen molar-refractivity contribution >= 4 is 18.2 Å². The van der Waals surface area contributed by atoms with E-state index in [1.165, 1.54) is 17.6 Å². The van der Waals surface area contributed by atoms with Crippen molar-refractivity contribution in [3.63, 3.8) is 0 Å². The van der Waals surface area contributed by atoms with Crippen molar-refractivity contribution in [2.75, 3.05) is 20.2 Å². The van der Waals surface area contributed by atoms with Gasteiger partial charge in [0, 0.05) is 19.5 Å². The summed E-state index contributed by atoms with van der Waals surface area (Å²) < 4.78 is 15.8. The van der Waals surface area contributed by atoms with Gasteiger partial charge in [-0.3, -0.25) is 4.90 Å². The molecule has 1 fully saturated rings. The van der Waals surface area contributed by atoms with Crippen LogP contribution in [0.5, 0.6) is 0 Å². The highest BCUT2D eigenvalue weighted by Gasteiger charge is 2.44. The van der Waals surface area contributed by atoms with Gasteiger partial charge in [-0.2, -0.15) is 0 Å². The van der Waals surface area contributed by atoms with Gasteiger partial charge in [0.05, 0.1) is 13.7 Å². The lowest BCUT2D eigenvalue weighted by Crippen LogP contribution is -2.44. The first-order valence-corrected chi connectivity index (χ1v) is 9.77. The van der Waals surface area contributed by atoms with Crippen LogP contribution in [0.2, 0.25) is 0 Å². The molecule has 0 bridgehead atoms. The van der Waals surface area contributed by atoms with E-state index in [-0.39, 0.29) is 13.0 Å². The Morgan fingerprint density at radius 2 is 1.76 bits per heavy atom. The third-order valence-corrected chi connectivity index (χ3v) is 5.02. The third-order valence-electron chi connectivity index (χ3n) is 5.02. The van der Waals surface area contributed by atoms with Gasteiger partial charge in [-0.15, -0.1) is 0 Å². The Balaban J connectivity index is 1.64. The van der Waals surface area contributed by atoms with E-state index in [0.717, 1.165) is 12.0 Å². The van der Waals surface area contributed by atoms with Gasteiger partial charge in [-0.05, 0) is 38.3 Å². The van der Waals surface area contributed by atoms with Crippen LogP contribution >= 0.6 is 0 Å². The van der Waals surface area contributed by atoms with Crippen molar-refractivity contribution in [2.45, 2.75) is 57.9 Å². The molecule has 0 unspecified atom stereocenters. The number of carbonyl (C=O) groups is 3. The molecular formula is C21H28N2O6. The van der Waals surface area contributed by atoms with E-state index in [4.69, 9.17) is 14.2 Å². The van der Waals surface area contributed by atoms with Gasteiger partial charge in [-0.1, -0.05) is 24.3 Å². The summed E-state index contributed by atoms with van der Waals surface area (Å²) in [6.45, 7) is 6.39. The number of likely N-dealkylation sites (tertiary alicyclic amines) is 1. The lowest BCUT2D eigenvalue weighted by molar-refractivity contribution is -0.145. The van der Waals surface area contributed by atoms with E-state index >= 15 is 0 Å². The summed E-state index contributed by atoms with van der Waals surface area (Å²) in [6, 6.07) is 7.17. The molecule has 0 radical (unpaired) electrons. The normalized spacial score (nSPS) is 21.4. The van der Waals surface area contributed by atoms with Crippen LogP contribution in [-0.4, -0.2) is 65.9 Å². The molecule has 2 heterocycles. The van der Waals surface area contributed by atoms with Crippen molar-refractivity contribution in [1.29, 1.82) is 0 Å². The van der Waals surface area contributed by atoms with Crippen LogP contribution in [0.15, 0.2) is 24.3 Å². The van der Waals surface area contributed by atoms with E-state index in [1.807, 2.05) is 18.2 Å². The molecule has 0 saturated carbocycles. The van der Waals surface area contributed by atoms with Crippen molar-refractivity contribution in [1.82, 2.24) is 9.80 Å². The number of nitrogens with zero attached hydrogens (tertiary/aromatic N) is 2. The number of methoxy groups -OCH3 is 1. The fourth-order valence-corrected chi connectivity index (χ4v) is 3.63. The summed E-state index contributed by atoms with van der Waals surface area (Å²) in [6.07, 6.45) is -0.721.